The van der Waals surface area contributed by atoms with Crippen LogP contribution in [0.2, 0.25) is 10.0 Å². The van der Waals surface area contributed by atoms with Crippen molar-refractivity contribution in [1.29, 1.82) is 0 Å². The predicted molar refractivity (Wildman–Crippen MR) is 139 cm³/mol. The molecule has 0 aromatic heterocycles. The number of nitrogens with zero attached hydrogens (tertiary/aromatic N) is 2. The van der Waals surface area contributed by atoms with Gasteiger partial charge in [0.05, 0.1) is 11.8 Å². The van der Waals surface area contributed by atoms with Crippen molar-refractivity contribution in [3.05, 3.63) is 129 Å². The Morgan fingerprint density at radius 3 is 2.26 bits per heavy atom. The zero-order chi connectivity index (χ0) is 23.8. The number of hydrogen-bond donors (Lipinski definition) is 0. The lowest BCUT2D eigenvalue weighted by molar-refractivity contribution is -0.0190. The van der Waals surface area contributed by atoms with Crippen LogP contribution in [-0.2, 0) is 6.61 Å². The van der Waals surface area contributed by atoms with Crippen LogP contribution in [0, 0.1) is 0 Å². The molecule has 0 unspecified atom stereocenters. The van der Waals surface area contributed by atoms with Gasteiger partial charge in [-0.3, -0.25) is 0 Å². The highest BCUT2D eigenvalue weighted by atomic mass is 35.5. The highest BCUT2D eigenvalue weighted by Gasteiger charge is 2.40. The van der Waals surface area contributed by atoms with Crippen LogP contribution in [0.5, 0.6) is 11.5 Å². The summed E-state index contributed by atoms with van der Waals surface area (Å²) in [4.78, 5) is 0. The lowest BCUT2D eigenvalue weighted by Gasteiger charge is -2.38. The Balaban J connectivity index is 1.26. The standard InChI is InChI=1S/C29H22Cl2N2O2/c30-22-11-5-19(6-12-22)18-34-24-15-9-21(10-16-24)29-33-27(25-3-1-2-4-28(25)35-29)17-26(32-33)20-7-13-23(31)14-8-20/h1-16,27,29H,17-18H2/t27-,29-/m0/s1. The van der Waals surface area contributed by atoms with E-state index in [-0.39, 0.29) is 12.3 Å². The number of rotatable bonds is 5. The van der Waals surface area contributed by atoms with Crippen molar-refractivity contribution in [2.24, 2.45) is 5.10 Å². The van der Waals surface area contributed by atoms with E-state index in [1.54, 1.807) is 0 Å². The van der Waals surface area contributed by atoms with Crippen LogP contribution >= 0.6 is 23.2 Å². The van der Waals surface area contributed by atoms with E-state index in [0.717, 1.165) is 50.9 Å². The number of benzene rings is 4. The van der Waals surface area contributed by atoms with Gasteiger partial charge < -0.3 is 9.47 Å². The van der Waals surface area contributed by atoms with Gasteiger partial charge in [0.2, 0.25) is 6.23 Å². The van der Waals surface area contributed by atoms with Crippen LogP contribution in [-0.4, -0.2) is 10.7 Å². The number of hydrogen-bond acceptors (Lipinski definition) is 4. The van der Waals surface area contributed by atoms with Crippen molar-refractivity contribution < 1.29 is 9.47 Å². The Morgan fingerprint density at radius 2 is 1.51 bits per heavy atom. The normalized spacial score (nSPS) is 18.3. The van der Waals surface area contributed by atoms with E-state index >= 15 is 0 Å². The molecular weight excluding hydrogens is 479 g/mol. The highest BCUT2D eigenvalue weighted by Crippen LogP contribution is 2.47. The molecule has 0 bridgehead atoms. The summed E-state index contributed by atoms with van der Waals surface area (Å²) < 4.78 is 12.4. The summed E-state index contributed by atoms with van der Waals surface area (Å²) in [5.74, 6) is 1.69. The van der Waals surface area contributed by atoms with Gasteiger partial charge in [-0.15, -0.1) is 0 Å². The molecule has 0 spiro atoms. The summed E-state index contributed by atoms with van der Waals surface area (Å²) >= 11 is 12.1. The van der Waals surface area contributed by atoms with E-state index in [0.29, 0.717) is 11.6 Å². The summed E-state index contributed by atoms with van der Waals surface area (Å²) in [6.45, 7) is 0.479. The summed E-state index contributed by atoms with van der Waals surface area (Å²) in [7, 11) is 0. The third-order valence-corrected chi connectivity index (χ3v) is 6.86. The first-order valence-electron chi connectivity index (χ1n) is 11.5. The van der Waals surface area contributed by atoms with Crippen molar-refractivity contribution >= 4 is 28.9 Å². The van der Waals surface area contributed by atoms with Crippen LogP contribution in [0.15, 0.2) is 102 Å². The molecule has 4 nitrogen and oxygen atoms in total. The molecule has 6 heteroatoms. The first-order chi connectivity index (χ1) is 17.1. The van der Waals surface area contributed by atoms with Gasteiger partial charge in [-0.1, -0.05) is 65.7 Å². The Hall–Kier alpha value is -3.47. The van der Waals surface area contributed by atoms with Crippen LogP contribution in [0.1, 0.15) is 40.9 Å². The molecule has 2 aliphatic rings. The van der Waals surface area contributed by atoms with Crippen LogP contribution in [0.25, 0.3) is 0 Å². The molecule has 2 atom stereocenters. The van der Waals surface area contributed by atoms with Gasteiger partial charge >= 0.3 is 0 Å². The third kappa shape index (κ3) is 4.47. The molecule has 0 saturated heterocycles. The molecule has 0 aliphatic carbocycles. The average molecular weight is 501 g/mol. The monoisotopic (exact) mass is 500 g/mol. The number of hydrazone groups is 1. The maximum Gasteiger partial charge on any atom is 0.213 e. The van der Waals surface area contributed by atoms with Gasteiger partial charge in [-0.2, -0.15) is 5.10 Å². The minimum absolute atomic E-state index is 0.108. The van der Waals surface area contributed by atoms with E-state index in [4.69, 9.17) is 37.8 Å². The molecule has 0 saturated carbocycles. The first-order valence-corrected chi connectivity index (χ1v) is 12.2. The van der Waals surface area contributed by atoms with E-state index < -0.39 is 0 Å². The lowest BCUT2D eigenvalue weighted by atomic mass is 9.96. The summed E-state index contributed by atoms with van der Waals surface area (Å²) in [5.41, 5.74) is 5.34. The molecule has 4 aromatic carbocycles. The summed E-state index contributed by atoms with van der Waals surface area (Å²) in [5, 5.41) is 8.53. The zero-order valence-electron chi connectivity index (χ0n) is 18.8. The molecule has 174 valence electrons. The summed E-state index contributed by atoms with van der Waals surface area (Å²) in [6.07, 6.45) is 0.478. The van der Waals surface area contributed by atoms with E-state index in [1.807, 2.05) is 91.0 Å². The molecule has 2 aliphatic heterocycles. The number of ether oxygens (including phenoxy) is 2. The first kappa shape index (κ1) is 22.0. The Morgan fingerprint density at radius 1 is 0.829 bits per heavy atom. The lowest BCUT2D eigenvalue weighted by Crippen LogP contribution is -2.33. The Labute approximate surface area is 214 Å². The van der Waals surface area contributed by atoms with Gasteiger partial charge in [0, 0.05) is 27.6 Å². The second-order valence-corrected chi connectivity index (χ2v) is 9.52. The minimum atomic E-state index is -0.329. The van der Waals surface area contributed by atoms with Crippen molar-refractivity contribution in [3.8, 4) is 11.5 Å². The molecule has 0 amide bonds. The van der Waals surface area contributed by atoms with E-state index in [2.05, 4.69) is 11.1 Å². The molecule has 35 heavy (non-hydrogen) atoms. The van der Waals surface area contributed by atoms with Crippen molar-refractivity contribution in [1.82, 2.24) is 5.01 Å². The molecule has 6 rings (SSSR count). The molecule has 0 fully saturated rings. The fraction of sp³-hybridized carbons (Fsp3) is 0.138. The van der Waals surface area contributed by atoms with E-state index in [1.165, 1.54) is 0 Å². The van der Waals surface area contributed by atoms with Crippen LogP contribution in [0.3, 0.4) is 0 Å². The van der Waals surface area contributed by atoms with E-state index in [9.17, 15) is 0 Å². The largest absolute Gasteiger partial charge is 0.489 e. The number of fused-ring (bicyclic) bond motifs is 3. The quantitative estimate of drug-likeness (QED) is 0.280. The maximum atomic E-state index is 6.46. The molecule has 4 aromatic rings. The van der Waals surface area contributed by atoms with Crippen molar-refractivity contribution in [3.63, 3.8) is 0 Å². The average Bonchev–Trinajstić information content (AvgIpc) is 3.34. The zero-order valence-corrected chi connectivity index (χ0v) is 20.3. The van der Waals surface area contributed by atoms with Crippen molar-refractivity contribution in [2.45, 2.75) is 25.3 Å². The van der Waals surface area contributed by atoms with Gasteiger partial charge in [-0.05, 0) is 65.7 Å². The Kier molecular flexibility index (Phi) is 5.85. The maximum absolute atomic E-state index is 6.46. The van der Waals surface area contributed by atoms with Gasteiger partial charge in [0.25, 0.3) is 0 Å². The Bertz CT molecular complexity index is 1370. The second-order valence-electron chi connectivity index (χ2n) is 8.65. The molecule has 0 N–H and O–H groups in total. The second kappa shape index (κ2) is 9.29. The molecule has 0 radical (unpaired) electrons. The predicted octanol–water partition coefficient (Wildman–Crippen LogP) is 7.81. The SMILES string of the molecule is Clc1ccc(COc2ccc([C@@H]3Oc4ccccc4[C@@H]4CC(c5ccc(Cl)cc5)=NN43)cc2)cc1. The van der Waals surface area contributed by atoms with Gasteiger partial charge in [-0.25, -0.2) is 5.01 Å². The van der Waals surface area contributed by atoms with Crippen LogP contribution in [0.4, 0.5) is 0 Å². The molecular formula is C29H22Cl2N2O2. The summed E-state index contributed by atoms with van der Waals surface area (Å²) in [6, 6.07) is 31.9. The number of para-hydroxylation sites is 1. The third-order valence-electron chi connectivity index (χ3n) is 6.36. The van der Waals surface area contributed by atoms with Gasteiger partial charge in [0.15, 0.2) is 0 Å². The van der Waals surface area contributed by atoms with Crippen LogP contribution < -0.4 is 9.47 Å². The van der Waals surface area contributed by atoms with Gasteiger partial charge in [0.1, 0.15) is 18.1 Å². The smallest absolute Gasteiger partial charge is 0.213 e. The fourth-order valence-electron chi connectivity index (χ4n) is 4.55. The fourth-order valence-corrected chi connectivity index (χ4v) is 4.80. The molecule has 2 heterocycles. The topological polar surface area (TPSA) is 34.1 Å². The highest BCUT2D eigenvalue weighted by molar-refractivity contribution is 6.30. The number of halogens is 2. The van der Waals surface area contributed by atoms with Crippen molar-refractivity contribution in [2.75, 3.05) is 0 Å². The minimum Gasteiger partial charge on any atom is -0.489 e.